The number of ether oxygens (including phenoxy) is 2. The molecule has 0 aliphatic rings. The monoisotopic (exact) mass is 262 g/mol. The third-order valence-electron chi connectivity index (χ3n) is 2.75. The maximum absolute atomic E-state index is 11.1. The maximum Gasteiger partial charge on any atom is 0.306 e. The fraction of sp³-hybridized carbons (Fsp3) is 0.438. The number of carbonyl (C=O) groups excluding carboxylic acids is 1. The quantitative estimate of drug-likeness (QED) is 0.531. The molecule has 0 spiro atoms. The lowest BCUT2D eigenvalue weighted by atomic mass is 10.1. The van der Waals surface area contributed by atoms with Gasteiger partial charge in [-0.05, 0) is 43.9 Å². The average molecular weight is 262 g/mol. The lowest BCUT2D eigenvalue weighted by Gasteiger charge is -2.01. The Balaban J connectivity index is 2.17. The molecule has 3 nitrogen and oxygen atoms in total. The maximum atomic E-state index is 11.1. The van der Waals surface area contributed by atoms with Gasteiger partial charge in [0, 0.05) is 6.42 Å². The van der Waals surface area contributed by atoms with Gasteiger partial charge in [-0.25, -0.2) is 0 Å². The van der Waals surface area contributed by atoms with Crippen molar-refractivity contribution in [2.24, 2.45) is 0 Å². The van der Waals surface area contributed by atoms with E-state index in [1.807, 2.05) is 25.1 Å². The summed E-state index contributed by atoms with van der Waals surface area (Å²) >= 11 is 0. The van der Waals surface area contributed by atoms with Gasteiger partial charge in [0.25, 0.3) is 0 Å². The highest BCUT2D eigenvalue weighted by Gasteiger charge is 1.98. The molecule has 1 aromatic rings. The first-order valence-electron chi connectivity index (χ1n) is 6.69. The van der Waals surface area contributed by atoms with E-state index in [4.69, 9.17) is 9.47 Å². The van der Waals surface area contributed by atoms with Crippen LogP contribution in [-0.2, 0) is 16.0 Å². The largest absolute Gasteiger partial charge is 0.497 e. The van der Waals surface area contributed by atoms with Gasteiger partial charge in [-0.3, -0.25) is 4.79 Å². The molecule has 1 rings (SSSR count). The number of methoxy groups -OCH3 is 1. The Morgan fingerprint density at radius 2 is 1.84 bits per heavy atom. The van der Waals surface area contributed by atoms with Crippen LogP contribution < -0.4 is 4.74 Å². The molecule has 0 bridgehead atoms. The molecular weight excluding hydrogens is 240 g/mol. The zero-order chi connectivity index (χ0) is 13.9. The van der Waals surface area contributed by atoms with Gasteiger partial charge in [0.2, 0.25) is 0 Å². The molecule has 0 aliphatic heterocycles. The molecule has 0 fully saturated rings. The minimum atomic E-state index is -0.123. The fourth-order valence-corrected chi connectivity index (χ4v) is 1.71. The van der Waals surface area contributed by atoms with Crippen LogP contribution in [0.5, 0.6) is 5.75 Å². The van der Waals surface area contributed by atoms with E-state index in [0.29, 0.717) is 13.0 Å². The topological polar surface area (TPSA) is 35.5 Å². The Morgan fingerprint density at radius 1 is 1.16 bits per heavy atom. The number of aryl methyl sites for hydroxylation is 1. The third kappa shape index (κ3) is 6.65. The second-order valence-electron chi connectivity index (χ2n) is 4.20. The van der Waals surface area contributed by atoms with Crippen LogP contribution in [-0.4, -0.2) is 19.7 Å². The van der Waals surface area contributed by atoms with Crippen LogP contribution in [0, 0.1) is 0 Å². The van der Waals surface area contributed by atoms with Gasteiger partial charge in [0.15, 0.2) is 0 Å². The minimum absolute atomic E-state index is 0.123. The van der Waals surface area contributed by atoms with Gasteiger partial charge in [0.05, 0.1) is 13.7 Å². The first kappa shape index (κ1) is 15.3. The van der Waals surface area contributed by atoms with Crippen molar-refractivity contribution >= 4 is 5.97 Å². The predicted molar refractivity (Wildman–Crippen MR) is 76.3 cm³/mol. The standard InChI is InChI=1S/C16H22O3/c1-3-19-16(17)9-7-5-4-6-8-14-10-12-15(18-2)13-11-14/h4-5,10-13H,3,6-9H2,1-2H3/b5-4+. The molecule has 0 saturated carbocycles. The van der Waals surface area contributed by atoms with Crippen molar-refractivity contribution in [3.05, 3.63) is 42.0 Å². The van der Waals surface area contributed by atoms with Crippen LogP contribution in [0.4, 0.5) is 0 Å². The lowest BCUT2D eigenvalue weighted by molar-refractivity contribution is -0.142. The summed E-state index contributed by atoms with van der Waals surface area (Å²) in [7, 11) is 1.67. The smallest absolute Gasteiger partial charge is 0.306 e. The first-order valence-corrected chi connectivity index (χ1v) is 6.69. The van der Waals surface area contributed by atoms with E-state index in [9.17, 15) is 4.79 Å². The number of benzene rings is 1. The van der Waals surface area contributed by atoms with Crippen molar-refractivity contribution in [1.29, 1.82) is 0 Å². The Morgan fingerprint density at radius 3 is 2.47 bits per heavy atom. The summed E-state index contributed by atoms with van der Waals surface area (Å²) in [5.74, 6) is 0.760. The van der Waals surface area contributed by atoms with E-state index in [0.717, 1.165) is 25.0 Å². The summed E-state index contributed by atoms with van der Waals surface area (Å²) in [6.07, 6.45) is 7.35. The number of carbonyl (C=O) groups is 1. The van der Waals surface area contributed by atoms with Crippen molar-refractivity contribution in [3.8, 4) is 5.75 Å². The van der Waals surface area contributed by atoms with Crippen LogP contribution in [0.3, 0.4) is 0 Å². The number of allylic oxidation sites excluding steroid dienone is 2. The van der Waals surface area contributed by atoms with E-state index in [-0.39, 0.29) is 5.97 Å². The van der Waals surface area contributed by atoms with Gasteiger partial charge >= 0.3 is 5.97 Å². The lowest BCUT2D eigenvalue weighted by Crippen LogP contribution is -2.02. The number of hydrogen-bond donors (Lipinski definition) is 0. The van der Waals surface area contributed by atoms with E-state index in [1.54, 1.807) is 7.11 Å². The van der Waals surface area contributed by atoms with Crippen LogP contribution in [0.25, 0.3) is 0 Å². The zero-order valence-corrected chi connectivity index (χ0v) is 11.7. The Bertz CT molecular complexity index is 393. The average Bonchev–Trinajstić information content (AvgIpc) is 2.43. The van der Waals surface area contributed by atoms with Crippen LogP contribution >= 0.6 is 0 Å². The molecule has 0 aliphatic carbocycles. The fourth-order valence-electron chi connectivity index (χ4n) is 1.71. The van der Waals surface area contributed by atoms with Crippen LogP contribution in [0.2, 0.25) is 0 Å². The highest BCUT2D eigenvalue weighted by molar-refractivity contribution is 5.69. The summed E-state index contributed by atoms with van der Waals surface area (Å²) < 4.78 is 9.97. The zero-order valence-electron chi connectivity index (χ0n) is 11.7. The molecule has 0 N–H and O–H groups in total. The van der Waals surface area contributed by atoms with Crippen molar-refractivity contribution in [2.45, 2.75) is 32.6 Å². The predicted octanol–water partition coefficient (Wildman–Crippen LogP) is 3.53. The van der Waals surface area contributed by atoms with E-state index < -0.39 is 0 Å². The normalized spacial score (nSPS) is 10.6. The molecule has 0 heterocycles. The molecule has 104 valence electrons. The second kappa shape index (κ2) is 9.20. The molecule has 0 atom stereocenters. The SMILES string of the molecule is CCOC(=O)CC/C=C/CCc1ccc(OC)cc1. The van der Waals surface area contributed by atoms with Gasteiger partial charge in [-0.2, -0.15) is 0 Å². The minimum Gasteiger partial charge on any atom is -0.497 e. The molecule has 3 heteroatoms. The molecule has 0 unspecified atom stereocenters. The first-order chi connectivity index (χ1) is 9.26. The second-order valence-corrected chi connectivity index (χ2v) is 4.20. The molecular formula is C16H22O3. The number of hydrogen-bond acceptors (Lipinski definition) is 3. The summed E-state index contributed by atoms with van der Waals surface area (Å²) in [4.78, 5) is 11.1. The molecule has 1 aromatic carbocycles. The molecule has 0 saturated heterocycles. The Kier molecular flexibility index (Phi) is 7.40. The van der Waals surface area contributed by atoms with Gasteiger partial charge in [-0.1, -0.05) is 24.3 Å². The van der Waals surface area contributed by atoms with E-state index in [2.05, 4.69) is 18.2 Å². The summed E-state index contributed by atoms with van der Waals surface area (Å²) in [6.45, 7) is 2.28. The summed E-state index contributed by atoms with van der Waals surface area (Å²) in [5, 5.41) is 0. The van der Waals surface area contributed by atoms with Gasteiger partial charge in [-0.15, -0.1) is 0 Å². The van der Waals surface area contributed by atoms with Crippen molar-refractivity contribution in [1.82, 2.24) is 0 Å². The molecule has 19 heavy (non-hydrogen) atoms. The summed E-state index contributed by atoms with van der Waals surface area (Å²) in [5.41, 5.74) is 1.29. The van der Waals surface area contributed by atoms with Crippen LogP contribution in [0.1, 0.15) is 31.7 Å². The Labute approximate surface area is 115 Å². The van der Waals surface area contributed by atoms with Crippen molar-refractivity contribution in [3.63, 3.8) is 0 Å². The summed E-state index contributed by atoms with van der Waals surface area (Å²) in [6, 6.07) is 8.09. The molecule has 0 aromatic heterocycles. The van der Waals surface area contributed by atoms with Gasteiger partial charge in [0.1, 0.15) is 5.75 Å². The number of esters is 1. The molecule has 0 amide bonds. The Hall–Kier alpha value is -1.77. The molecule has 0 radical (unpaired) electrons. The van der Waals surface area contributed by atoms with Gasteiger partial charge < -0.3 is 9.47 Å². The number of rotatable bonds is 8. The van der Waals surface area contributed by atoms with Crippen LogP contribution in [0.15, 0.2) is 36.4 Å². The highest BCUT2D eigenvalue weighted by atomic mass is 16.5. The van der Waals surface area contributed by atoms with Crippen molar-refractivity contribution in [2.75, 3.05) is 13.7 Å². The third-order valence-corrected chi connectivity index (χ3v) is 2.75. The van der Waals surface area contributed by atoms with E-state index in [1.165, 1.54) is 5.56 Å². The van der Waals surface area contributed by atoms with E-state index >= 15 is 0 Å². The highest BCUT2D eigenvalue weighted by Crippen LogP contribution is 2.12. The van der Waals surface area contributed by atoms with Crippen molar-refractivity contribution < 1.29 is 14.3 Å².